The molecule has 1 aromatic heterocycles. The highest BCUT2D eigenvalue weighted by atomic mass is 32.1. The number of aromatic nitrogens is 1. The number of rotatable bonds is 5. The van der Waals surface area contributed by atoms with Crippen LogP contribution in [0.2, 0.25) is 0 Å². The van der Waals surface area contributed by atoms with E-state index < -0.39 is 0 Å². The Morgan fingerprint density at radius 3 is 2.77 bits per heavy atom. The van der Waals surface area contributed by atoms with E-state index in [0.29, 0.717) is 5.41 Å². The van der Waals surface area contributed by atoms with Crippen molar-refractivity contribution in [3.63, 3.8) is 0 Å². The first-order valence-corrected chi connectivity index (χ1v) is 11.4. The van der Waals surface area contributed by atoms with Crippen molar-refractivity contribution in [1.82, 2.24) is 15.2 Å². The summed E-state index contributed by atoms with van der Waals surface area (Å²) in [7, 11) is 0. The Bertz CT molecular complexity index is 613. The highest BCUT2D eigenvalue weighted by Gasteiger charge is 2.41. The van der Waals surface area contributed by atoms with Crippen molar-refractivity contribution < 1.29 is 0 Å². The molecule has 2 saturated heterocycles. The second-order valence-electron chi connectivity index (χ2n) is 8.18. The fraction of sp³-hybridized carbons (Fsp3) is 0.800. The van der Waals surface area contributed by atoms with Crippen LogP contribution in [0.1, 0.15) is 57.6 Å². The largest absolute Gasteiger partial charge is 0.357 e. The number of hydrogen-bond donors (Lipinski definition) is 1. The second kappa shape index (κ2) is 8.15. The minimum absolute atomic E-state index is 0.593. The smallest absolute Gasteiger partial charge is 0.193 e. The van der Waals surface area contributed by atoms with Crippen molar-refractivity contribution in [3.8, 4) is 0 Å². The Labute approximate surface area is 161 Å². The fourth-order valence-electron chi connectivity index (χ4n) is 4.82. The van der Waals surface area contributed by atoms with Crippen molar-refractivity contribution in [2.45, 2.75) is 58.3 Å². The standard InChI is InChI=1S/C20H33N5S/c1-2-21-18(25-14-10-20(16-25)8-3-4-9-20)22-11-7-17-15-26-19(23-17)24-12-5-6-13-24/h15H,2-14,16H2,1H3,(H,21,22). The van der Waals surface area contributed by atoms with E-state index in [9.17, 15) is 0 Å². The number of nitrogens with one attached hydrogen (secondary N) is 1. The Hall–Kier alpha value is -1.30. The maximum Gasteiger partial charge on any atom is 0.193 e. The molecule has 0 atom stereocenters. The van der Waals surface area contributed by atoms with Gasteiger partial charge in [0.1, 0.15) is 0 Å². The van der Waals surface area contributed by atoms with Gasteiger partial charge in [0.25, 0.3) is 0 Å². The molecule has 26 heavy (non-hydrogen) atoms. The molecule has 1 N–H and O–H groups in total. The van der Waals surface area contributed by atoms with Gasteiger partial charge in [-0.05, 0) is 44.4 Å². The normalized spacial score (nSPS) is 22.7. The lowest BCUT2D eigenvalue weighted by atomic mass is 9.86. The van der Waals surface area contributed by atoms with Gasteiger partial charge in [-0.3, -0.25) is 4.99 Å². The average Bonchev–Trinajstić information content (AvgIpc) is 3.44. The summed E-state index contributed by atoms with van der Waals surface area (Å²) >= 11 is 1.79. The van der Waals surface area contributed by atoms with Crippen molar-refractivity contribution in [1.29, 1.82) is 0 Å². The van der Waals surface area contributed by atoms with Gasteiger partial charge in [-0.25, -0.2) is 4.98 Å². The third kappa shape index (κ3) is 4.00. The van der Waals surface area contributed by atoms with Gasteiger partial charge in [0.15, 0.2) is 11.1 Å². The predicted octanol–water partition coefficient (Wildman–Crippen LogP) is 3.52. The van der Waals surface area contributed by atoms with Crippen LogP contribution in [-0.4, -0.2) is 55.1 Å². The van der Waals surface area contributed by atoms with Gasteiger partial charge in [0, 0.05) is 51.1 Å². The van der Waals surface area contributed by atoms with Crippen LogP contribution in [0.15, 0.2) is 10.4 Å². The molecule has 2 aliphatic heterocycles. The van der Waals surface area contributed by atoms with E-state index >= 15 is 0 Å². The summed E-state index contributed by atoms with van der Waals surface area (Å²) in [6, 6.07) is 0. The first kappa shape index (κ1) is 18.1. The number of nitrogens with zero attached hydrogens (tertiary/aromatic N) is 4. The van der Waals surface area contributed by atoms with Crippen LogP contribution < -0.4 is 10.2 Å². The van der Waals surface area contributed by atoms with Crippen LogP contribution in [0.25, 0.3) is 0 Å². The van der Waals surface area contributed by atoms with Crippen LogP contribution in [-0.2, 0) is 6.42 Å². The van der Waals surface area contributed by atoms with Crippen LogP contribution in [0.4, 0.5) is 5.13 Å². The Kier molecular flexibility index (Phi) is 5.67. The summed E-state index contributed by atoms with van der Waals surface area (Å²) in [6.07, 6.45) is 10.6. The number of hydrogen-bond acceptors (Lipinski definition) is 4. The van der Waals surface area contributed by atoms with Gasteiger partial charge >= 0.3 is 0 Å². The maximum absolute atomic E-state index is 4.93. The van der Waals surface area contributed by atoms with Crippen molar-refractivity contribution in [2.24, 2.45) is 10.4 Å². The molecule has 6 heteroatoms. The minimum atomic E-state index is 0.593. The first-order valence-electron chi connectivity index (χ1n) is 10.5. The molecule has 144 valence electrons. The van der Waals surface area contributed by atoms with Crippen LogP contribution in [0.3, 0.4) is 0 Å². The van der Waals surface area contributed by atoms with E-state index in [1.807, 2.05) is 0 Å². The molecule has 4 rings (SSSR count). The molecule has 1 aliphatic carbocycles. The molecule has 0 aromatic carbocycles. The number of aliphatic imine (C=N–C) groups is 1. The molecule has 1 saturated carbocycles. The molecule has 5 nitrogen and oxygen atoms in total. The molecule has 1 spiro atoms. The highest BCUT2D eigenvalue weighted by molar-refractivity contribution is 7.13. The summed E-state index contributed by atoms with van der Waals surface area (Å²) < 4.78 is 0. The van der Waals surface area contributed by atoms with Crippen LogP contribution in [0, 0.1) is 5.41 Å². The van der Waals surface area contributed by atoms with Crippen LogP contribution in [0.5, 0.6) is 0 Å². The Morgan fingerprint density at radius 1 is 1.19 bits per heavy atom. The quantitative estimate of drug-likeness (QED) is 0.632. The number of guanidine groups is 1. The molecule has 1 aromatic rings. The third-order valence-corrected chi connectivity index (χ3v) is 7.23. The van der Waals surface area contributed by atoms with E-state index in [-0.39, 0.29) is 0 Å². The summed E-state index contributed by atoms with van der Waals surface area (Å²) in [5, 5.41) is 6.94. The lowest BCUT2D eigenvalue weighted by molar-refractivity contribution is 0.309. The average molecular weight is 376 g/mol. The zero-order chi connectivity index (χ0) is 17.8. The predicted molar refractivity (Wildman–Crippen MR) is 110 cm³/mol. The summed E-state index contributed by atoms with van der Waals surface area (Å²) in [6.45, 7) is 8.65. The molecule has 0 radical (unpaired) electrons. The molecule has 3 heterocycles. The maximum atomic E-state index is 4.93. The first-order chi connectivity index (χ1) is 12.8. The monoisotopic (exact) mass is 375 g/mol. The third-order valence-electron chi connectivity index (χ3n) is 6.28. The second-order valence-corrected chi connectivity index (χ2v) is 9.02. The Morgan fingerprint density at radius 2 is 2.00 bits per heavy atom. The number of thiazole rings is 1. The highest BCUT2D eigenvalue weighted by Crippen LogP contribution is 2.45. The van der Waals surface area contributed by atoms with Crippen LogP contribution >= 0.6 is 11.3 Å². The molecule has 0 unspecified atom stereocenters. The van der Waals surface area contributed by atoms with E-state index in [4.69, 9.17) is 9.98 Å². The summed E-state index contributed by atoms with van der Waals surface area (Å²) in [5.41, 5.74) is 1.79. The fourth-order valence-corrected chi connectivity index (χ4v) is 5.73. The van der Waals surface area contributed by atoms with Crippen molar-refractivity contribution in [2.75, 3.05) is 44.2 Å². The van der Waals surface area contributed by atoms with Gasteiger partial charge in [-0.2, -0.15) is 0 Å². The van der Waals surface area contributed by atoms with Crippen molar-refractivity contribution in [3.05, 3.63) is 11.1 Å². The molecule has 3 fully saturated rings. The van der Waals surface area contributed by atoms with E-state index in [2.05, 4.69) is 27.4 Å². The molecule has 0 amide bonds. The molecular formula is C20H33N5S. The van der Waals surface area contributed by atoms with E-state index in [0.717, 1.165) is 25.5 Å². The van der Waals surface area contributed by atoms with Gasteiger partial charge in [-0.15, -0.1) is 11.3 Å². The SMILES string of the molecule is CCNC(=NCCc1csc(N2CCCC2)n1)N1CCC2(CCCC2)C1. The zero-order valence-corrected chi connectivity index (χ0v) is 17.0. The summed E-state index contributed by atoms with van der Waals surface area (Å²) in [5.74, 6) is 1.12. The van der Waals surface area contributed by atoms with Crippen molar-refractivity contribution >= 4 is 22.4 Å². The lowest BCUT2D eigenvalue weighted by Gasteiger charge is -2.25. The van der Waals surface area contributed by atoms with E-state index in [1.54, 1.807) is 11.3 Å². The molecule has 3 aliphatic rings. The van der Waals surface area contributed by atoms with Gasteiger partial charge < -0.3 is 15.1 Å². The topological polar surface area (TPSA) is 43.8 Å². The van der Waals surface area contributed by atoms with Gasteiger partial charge in [0.2, 0.25) is 0 Å². The zero-order valence-electron chi connectivity index (χ0n) is 16.2. The Balaban J connectivity index is 1.33. The number of likely N-dealkylation sites (tertiary alicyclic amines) is 1. The lowest BCUT2D eigenvalue weighted by Crippen LogP contribution is -2.41. The van der Waals surface area contributed by atoms with Gasteiger partial charge in [-0.1, -0.05) is 12.8 Å². The minimum Gasteiger partial charge on any atom is -0.357 e. The number of anilines is 1. The van der Waals surface area contributed by atoms with Gasteiger partial charge in [0.05, 0.1) is 5.69 Å². The molecule has 0 bridgehead atoms. The molecular weight excluding hydrogens is 342 g/mol. The van der Waals surface area contributed by atoms with E-state index in [1.165, 1.54) is 82.0 Å². The summed E-state index contributed by atoms with van der Waals surface area (Å²) in [4.78, 5) is 14.7.